The van der Waals surface area contributed by atoms with Crippen molar-refractivity contribution in [2.45, 2.75) is 54.4 Å². The molecule has 0 unspecified atom stereocenters. The number of Topliss-reactive ketones (excluding diaryl/α,β-unsaturated/α-hetero) is 1. The average Bonchev–Trinajstić information content (AvgIpc) is 2.56. The van der Waals surface area contributed by atoms with E-state index in [0.717, 1.165) is 11.1 Å². The number of ketones is 1. The van der Waals surface area contributed by atoms with Crippen molar-refractivity contribution in [3.05, 3.63) is 46.5 Å². The zero-order chi connectivity index (χ0) is 15.9. The third-order valence-electron chi connectivity index (χ3n) is 4.15. The minimum atomic E-state index is -0.352. The van der Waals surface area contributed by atoms with Crippen LogP contribution in [0.1, 0.15) is 67.6 Å². The standard InChI is InChI=1S/C20H26O/c1-12(2)15-9-8-13(3)18-16(11-15)14(4)10-17(18)19(21)20(5,6)7/h8-12H,1-7H3. The van der Waals surface area contributed by atoms with Crippen molar-refractivity contribution < 1.29 is 4.79 Å². The van der Waals surface area contributed by atoms with E-state index in [0.29, 0.717) is 5.92 Å². The molecule has 0 aromatic heterocycles. The van der Waals surface area contributed by atoms with Gasteiger partial charge in [0, 0.05) is 11.0 Å². The second-order valence-electron chi connectivity index (χ2n) is 7.42. The van der Waals surface area contributed by atoms with Crippen molar-refractivity contribution in [1.82, 2.24) is 0 Å². The molecule has 0 saturated heterocycles. The lowest BCUT2D eigenvalue weighted by atomic mass is 9.85. The van der Waals surface area contributed by atoms with Gasteiger partial charge in [-0.05, 0) is 53.6 Å². The first-order chi connectivity index (χ1) is 9.62. The quantitative estimate of drug-likeness (QED) is 0.640. The number of fused-ring (bicyclic) bond motifs is 1. The van der Waals surface area contributed by atoms with Crippen LogP contribution in [-0.2, 0) is 0 Å². The van der Waals surface area contributed by atoms with Crippen molar-refractivity contribution in [2.75, 3.05) is 0 Å². The Labute approximate surface area is 128 Å². The van der Waals surface area contributed by atoms with Gasteiger partial charge < -0.3 is 0 Å². The van der Waals surface area contributed by atoms with Gasteiger partial charge in [0.1, 0.15) is 0 Å². The lowest BCUT2D eigenvalue weighted by Crippen LogP contribution is -2.20. The molecule has 0 aromatic carbocycles. The van der Waals surface area contributed by atoms with Crippen LogP contribution < -0.4 is 0 Å². The van der Waals surface area contributed by atoms with E-state index in [2.05, 4.69) is 52.0 Å². The number of aryl methyl sites for hydroxylation is 2. The molecule has 2 rings (SSSR count). The van der Waals surface area contributed by atoms with Crippen molar-refractivity contribution in [3.63, 3.8) is 0 Å². The van der Waals surface area contributed by atoms with Crippen LogP contribution in [-0.4, -0.2) is 5.78 Å². The van der Waals surface area contributed by atoms with Gasteiger partial charge in [-0.3, -0.25) is 4.79 Å². The van der Waals surface area contributed by atoms with Gasteiger partial charge in [0.15, 0.2) is 5.78 Å². The molecule has 0 aromatic rings. The highest BCUT2D eigenvalue weighted by atomic mass is 16.1. The Bertz CT molecular complexity index is 657. The van der Waals surface area contributed by atoms with Gasteiger partial charge in [-0.2, -0.15) is 0 Å². The van der Waals surface area contributed by atoms with E-state index in [1.807, 2.05) is 20.8 Å². The third kappa shape index (κ3) is 2.88. The molecule has 0 aliphatic heterocycles. The summed E-state index contributed by atoms with van der Waals surface area (Å²) in [6.07, 6.45) is 0. The van der Waals surface area contributed by atoms with E-state index in [4.69, 9.17) is 0 Å². The van der Waals surface area contributed by atoms with Crippen LogP contribution >= 0.6 is 0 Å². The van der Waals surface area contributed by atoms with Crippen molar-refractivity contribution in [2.24, 2.45) is 5.41 Å². The third-order valence-corrected chi connectivity index (χ3v) is 4.15. The van der Waals surface area contributed by atoms with Gasteiger partial charge in [0.25, 0.3) is 0 Å². The summed E-state index contributed by atoms with van der Waals surface area (Å²) in [6.45, 7) is 14.6. The fraction of sp³-hybridized carbons (Fsp3) is 0.450. The van der Waals surface area contributed by atoms with E-state index in [1.165, 1.54) is 22.3 Å². The molecule has 0 heterocycles. The number of carbonyl (C=O) groups is 1. The van der Waals surface area contributed by atoms with Crippen molar-refractivity contribution in [3.8, 4) is 11.1 Å². The Kier molecular flexibility index (Phi) is 3.97. The van der Waals surface area contributed by atoms with E-state index >= 15 is 0 Å². The fourth-order valence-electron chi connectivity index (χ4n) is 2.78. The van der Waals surface area contributed by atoms with Gasteiger partial charge in [0.05, 0.1) is 0 Å². The van der Waals surface area contributed by atoms with Gasteiger partial charge in [-0.15, -0.1) is 0 Å². The van der Waals surface area contributed by atoms with Gasteiger partial charge in [-0.1, -0.05) is 52.8 Å². The molecule has 21 heavy (non-hydrogen) atoms. The second-order valence-corrected chi connectivity index (χ2v) is 7.42. The van der Waals surface area contributed by atoms with E-state index in [9.17, 15) is 4.79 Å². The van der Waals surface area contributed by atoms with Crippen LogP contribution in [0.2, 0.25) is 0 Å². The molecule has 2 aliphatic rings. The first-order valence-electron chi connectivity index (χ1n) is 7.71. The number of hydrogen-bond acceptors (Lipinski definition) is 1. The number of rotatable bonds is 2. The molecule has 0 N–H and O–H groups in total. The highest BCUT2D eigenvalue weighted by Gasteiger charge is 2.28. The second kappa shape index (κ2) is 5.29. The highest BCUT2D eigenvalue weighted by molar-refractivity contribution is 6.07. The summed E-state index contributed by atoms with van der Waals surface area (Å²) < 4.78 is 0. The van der Waals surface area contributed by atoms with Gasteiger partial charge >= 0.3 is 0 Å². The molecule has 1 nitrogen and oxygen atoms in total. The zero-order valence-electron chi connectivity index (χ0n) is 14.3. The van der Waals surface area contributed by atoms with Crippen LogP contribution in [0.3, 0.4) is 0 Å². The Balaban J connectivity index is 2.74. The largest absolute Gasteiger partial charge is 0.294 e. The van der Waals surface area contributed by atoms with Gasteiger partial charge in [0.2, 0.25) is 0 Å². The monoisotopic (exact) mass is 282 g/mol. The summed E-state index contributed by atoms with van der Waals surface area (Å²) in [4.78, 5) is 12.8. The maximum atomic E-state index is 12.8. The summed E-state index contributed by atoms with van der Waals surface area (Å²) in [7, 11) is 0. The minimum Gasteiger partial charge on any atom is -0.294 e. The topological polar surface area (TPSA) is 17.1 Å². The van der Waals surface area contributed by atoms with E-state index < -0.39 is 0 Å². The van der Waals surface area contributed by atoms with Crippen molar-refractivity contribution in [1.29, 1.82) is 0 Å². The molecular weight excluding hydrogens is 256 g/mol. The number of carbonyl (C=O) groups excluding carboxylic acids is 1. The molecule has 0 radical (unpaired) electrons. The minimum absolute atomic E-state index is 0.223. The SMILES string of the molecule is Cc1cc(C(=O)C(C)(C)C)c2c(C)ccc(C(C)C)cc1-2. The van der Waals surface area contributed by atoms with Gasteiger partial charge in [-0.25, -0.2) is 0 Å². The maximum Gasteiger partial charge on any atom is 0.168 e. The first kappa shape index (κ1) is 15.8. The van der Waals surface area contributed by atoms with Crippen LogP contribution in [0.4, 0.5) is 0 Å². The predicted molar refractivity (Wildman–Crippen MR) is 90.4 cm³/mol. The van der Waals surface area contributed by atoms with Crippen LogP contribution in [0.25, 0.3) is 11.1 Å². The molecule has 0 atom stereocenters. The Morgan fingerprint density at radius 2 is 1.62 bits per heavy atom. The predicted octanol–water partition coefficient (Wildman–Crippen LogP) is 5.76. The summed E-state index contributed by atoms with van der Waals surface area (Å²) in [6, 6.07) is 8.65. The molecule has 0 amide bonds. The molecule has 0 spiro atoms. The summed E-state index contributed by atoms with van der Waals surface area (Å²) in [5.41, 5.74) is 6.55. The zero-order valence-corrected chi connectivity index (χ0v) is 14.3. The molecule has 0 saturated carbocycles. The van der Waals surface area contributed by atoms with Crippen LogP contribution in [0, 0.1) is 19.3 Å². The first-order valence-corrected chi connectivity index (χ1v) is 7.71. The van der Waals surface area contributed by atoms with E-state index in [1.54, 1.807) is 0 Å². The average molecular weight is 282 g/mol. The summed E-state index contributed by atoms with van der Waals surface area (Å²) in [5.74, 6) is 0.706. The molecular formula is C20H26O. The lowest BCUT2D eigenvalue weighted by molar-refractivity contribution is 0.0859. The normalized spacial score (nSPS) is 12.2. The smallest absolute Gasteiger partial charge is 0.168 e. The van der Waals surface area contributed by atoms with E-state index in [-0.39, 0.29) is 11.2 Å². The molecule has 112 valence electrons. The molecule has 2 aliphatic carbocycles. The summed E-state index contributed by atoms with van der Waals surface area (Å²) >= 11 is 0. The van der Waals surface area contributed by atoms with Crippen LogP contribution in [0.5, 0.6) is 0 Å². The highest BCUT2D eigenvalue weighted by Crippen LogP contribution is 2.38. The Morgan fingerprint density at radius 3 is 2.14 bits per heavy atom. The molecule has 0 fully saturated rings. The molecule has 1 heteroatoms. The lowest BCUT2D eigenvalue weighted by Gasteiger charge is -2.17. The fourth-order valence-corrected chi connectivity index (χ4v) is 2.78. The molecule has 0 bridgehead atoms. The number of hydrogen-bond donors (Lipinski definition) is 0. The Morgan fingerprint density at radius 1 is 1.00 bits per heavy atom. The summed E-state index contributed by atoms with van der Waals surface area (Å²) in [5, 5.41) is 0. The Hall–Kier alpha value is -1.63. The van der Waals surface area contributed by atoms with Crippen LogP contribution in [0.15, 0.2) is 24.3 Å². The van der Waals surface area contributed by atoms with Crippen molar-refractivity contribution >= 4 is 5.78 Å². The maximum absolute atomic E-state index is 12.8.